The average Bonchev–Trinajstić information content (AvgIpc) is 2.15. The molecule has 0 amide bonds. The Morgan fingerprint density at radius 3 is 2.50 bits per heavy atom. The molecule has 0 N–H and O–H groups in total. The van der Waals surface area contributed by atoms with Crippen molar-refractivity contribution in [2.24, 2.45) is 0 Å². The van der Waals surface area contributed by atoms with Gasteiger partial charge in [-0.25, -0.2) is 0 Å². The first-order valence-corrected chi connectivity index (χ1v) is 3.73. The van der Waals surface area contributed by atoms with Crippen molar-refractivity contribution in [2.75, 3.05) is 0 Å². The Balaban J connectivity index is 3.06. The fourth-order valence-electron chi connectivity index (χ4n) is 0.963. The Bertz CT molecular complexity index is 323. The second-order valence-corrected chi connectivity index (χ2v) is 2.33. The molecule has 0 heteroatoms. The first kappa shape index (κ1) is 8.36. The van der Waals surface area contributed by atoms with Gasteiger partial charge < -0.3 is 0 Å². The van der Waals surface area contributed by atoms with Crippen LogP contribution in [-0.4, -0.2) is 0 Å². The number of allylic oxidation sites excluding steroid dienone is 3. The van der Waals surface area contributed by atoms with Gasteiger partial charge in [-0.2, -0.15) is 0 Å². The molecule has 0 aromatic heterocycles. The lowest BCUT2D eigenvalue weighted by Crippen LogP contribution is -1.78. The van der Waals surface area contributed by atoms with Crippen LogP contribution in [0, 0.1) is 12.3 Å². The van der Waals surface area contributed by atoms with Gasteiger partial charge in [0.15, 0.2) is 0 Å². The van der Waals surface area contributed by atoms with E-state index in [0.29, 0.717) is 0 Å². The van der Waals surface area contributed by atoms with Crippen molar-refractivity contribution in [2.45, 2.75) is 0 Å². The Labute approximate surface area is 73.2 Å². The Kier molecular flexibility index (Phi) is 2.93. The monoisotopic (exact) mass is 154 g/mol. The van der Waals surface area contributed by atoms with Gasteiger partial charge in [0.05, 0.1) is 0 Å². The van der Waals surface area contributed by atoms with Crippen LogP contribution in [0.1, 0.15) is 5.56 Å². The van der Waals surface area contributed by atoms with Crippen molar-refractivity contribution in [3.8, 4) is 12.3 Å². The smallest absolute Gasteiger partial charge is 0.0314 e. The van der Waals surface area contributed by atoms with Gasteiger partial charge in [0, 0.05) is 5.57 Å². The van der Waals surface area contributed by atoms with Gasteiger partial charge in [0.1, 0.15) is 0 Å². The van der Waals surface area contributed by atoms with E-state index < -0.39 is 0 Å². The van der Waals surface area contributed by atoms with Gasteiger partial charge in [0.2, 0.25) is 0 Å². The van der Waals surface area contributed by atoms with Crippen molar-refractivity contribution >= 4 is 5.57 Å². The quantitative estimate of drug-likeness (QED) is 0.454. The highest BCUT2D eigenvalue weighted by molar-refractivity contribution is 5.79. The topological polar surface area (TPSA) is 0 Å². The maximum Gasteiger partial charge on any atom is 0.0314 e. The third-order valence-corrected chi connectivity index (χ3v) is 1.52. The Hall–Kier alpha value is -1.74. The van der Waals surface area contributed by atoms with E-state index in [1.54, 1.807) is 6.08 Å². The molecule has 0 aliphatic carbocycles. The third kappa shape index (κ3) is 1.87. The third-order valence-electron chi connectivity index (χ3n) is 1.52. The molecule has 0 unspecified atom stereocenters. The molecule has 1 aromatic carbocycles. The summed E-state index contributed by atoms with van der Waals surface area (Å²) in [4.78, 5) is 0. The van der Waals surface area contributed by atoms with E-state index in [0.717, 1.165) is 11.1 Å². The van der Waals surface area contributed by atoms with Crippen LogP contribution in [0.25, 0.3) is 5.57 Å². The van der Waals surface area contributed by atoms with Crippen LogP contribution in [0.15, 0.2) is 49.1 Å². The summed E-state index contributed by atoms with van der Waals surface area (Å²) in [5.74, 6) is 2.61. The maximum atomic E-state index is 5.32. The molecule has 12 heavy (non-hydrogen) atoms. The van der Waals surface area contributed by atoms with Gasteiger partial charge in [-0.1, -0.05) is 48.9 Å². The summed E-state index contributed by atoms with van der Waals surface area (Å²) in [5.41, 5.74) is 1.92. The number of hydrogen-bond acceptors (Lipinski definition) is 0. The van der Waals surface area contributed by atoms with Crippen molar-refractivity contribution in [1.29, 1.82) is 0 Å². The minimum Gasteiger partial charge on any atom is -0.115 e. The summed E-state index contributed by atoms with van der Waals surface area (Å²) >= 11 is 0. The van der Waals surface area contributed by atoms with Crippen LogP contribution in [0.2, 0.25) is 0 Å². The number of hydrogen-bond donors (Lipinski definition) is 0. The first-order valence-electron chi connectivity index (χ1n) is 3.73. The molecular weight excluding hydrogens is 144 g/mol. The predicted molar refractivity (Wildman–Crippen MR) is 53.4 cm³/mol. The van der Waals surface area contributed by atoms with Crippen molar-refractivity contribution < 1.29 is 0 Å². The summed E-state index contributed by atoms with van der Waals surface area (Å²) in [5, 5.41) is 0. The van der Waals surface area contributed by atoms with Gasteiger partial charge in [-0.15, -0.1) is 6.42 Å². The lowest BCUT2D eigenvalue weighted by atomic mass is 10.1. The first-order chi connectivity index (χ1) is 5.88. The van der Waals surface area contributed by atoms with Crippen LogP contribution in [0.3, 0.4) is 0 Å². The van der Waals surface area contributed by atoms with Crippen LogP contribution in [0.5, 0.6) is 0 Å². The molecule has 0 atom stereocenters. The lowest BCUT2D eigenvalue weighted by molar-refractivity contribution is 1.63. The van der Waals surface area contributed by atoms with Gasteiger partial charge in [0.25, 0.3) is 0 Å². The number of rotatable bonds is 2. The summed E-state index contributed by atoms with van der Waals surface area (Å²) in [7, 11) is 0. The van der Waals surface area contributed by atoms with E-state index in [1.165, 1.54) is 0 Å². The summed E-state index contributed by atoms with van der Waals surface area (Å²) in [6.45, 7) is 3.60. The molecular formula is C12H10. The van der Waals surface area contributed by atoms with Gasteiger partial charge in [-0.3, -0.25) is 0 Å². The lowest BCUT2D eigenvalue weighted by Gasteiger charge is -1.96. The van der Waals surface area contributed by atoms with Crippen LogP contribution in [-0.2, 0) is 0 Å². The normalized spacial score (nSPS) is 10.4. The Morgan fingerprint density at radius 1 is 1.33 bits per heavy atom. The fourth-order valence-corrected chi connectivity index (χ4v) is 0.963. The SMILES string of the molecule is C#C/C(=C\C=C)c1ccccc1. The highest BCUT2D eigenvalue weighted by atomic mass is 14.0. The number of benzene rings is 1. The molecule has 0 aliphatic heterocycles. The highest BCUT2D eigenvalue weighted by Gasteiger charge is 1.93. The zero-order chi connectivity index (χ0) is 8.81. The fraction of sp³-hybridized carbons (Fsp3) is 0. The molecule has 0 saturated carbocycles. The zero-order valence-corrected chi connectivity index (χ0v) is 6.83. The molecule has 0 heterocycles. The molecule has 0 fully saturated rings. The van der Waals surface area contributed by atoms with Crippen LogP contribution >= 0.6 is 0 Å². The van der Waals surface area contributed by atoms with Crippen molar-refractivity contribution in [1.82, 2.24) is 0 Å². The summed E-state index contributed by atoms with van der Waals surface area (Å²) in [6, 6.07) is 9.85. The van der Waals surface area contributed by atoms with Crippen molar-refractivity contribution in [3.63, 3.8) is 0 Å². The molecule has 1 rings (SSSR count). The van der Waals surface area contributed by atoms with Crippen molar-refractivity contribution in [3.05, 3.63) is 54.6 Å². The summed E-state index contributed by atoms with van der Waals surface area (Å²) in [6.07, 6.45) is 8.85. The van der Waals surface area contributed by atoms with E-state index in [9.17, 15) is 0 Å². The molecule has 0 nitrogen and oxygen atoms in total. The molecule has 0 bridgehead atoms. The van der Waals surface area contributed by atoms with Gasteiger partial charge >= 0.3 is 0 Å². The van der Waals surface area contributed by atoms with Crippen LogP contribution in [0.4, 0.5) is 0 Å². The largest absolute Gasteiger partial charge is 0.115 e. The van der Waals surface area contributed by atoms with E-state index in [-0.39, 0.29) is 0 Å². The highest BCUT2D eigenvalue weighted by Crippen LogP contribution is 2.11. The van der Waals surface area contributed by atoms with E-state index in [2.05, 4.69) is 12.5 Å². The summed E-state index contributed by atoms with van der Waals surface area (Å²) < 4.78 is 0. The standard InChI is InChI=1S/C12H10/c1-3-8-11(4-2)12-9-6-5-7-10-12/h2-3,5-10H,1H2/b11-8+. The molecule has 0 radical (unpaired) electrons. The second kappa shape index (κ2) is 4.20. The minimum atomic E-state index is 0.866. The zero-order valence-electron chi connectivity index (χ0n) is 6.83. The Morgan fingerprint density at radius 2 is 2.00 bits per heavy atom. The molecule has 0 saturated heterocycles. The molecule has 58 valence electrons. The molecule has 0 aliphatic rings. The van der Waals surface area contributed by atoms with Gasteiger partial charge in [-0.05, 0) is 11.6 Å². The minimum absolute atomic E-state index is 0.866. The maximum absolute atomic E-state index is 5.32. The molecule has 0 spiro atoms. The van der Waals surface area contributed by atoms with E-state index in [1.807, 2.05) is 36.4 Å². The predicted octanol–water partition coefficient (Wildman–Crippen LogP) is 2.89. The number of terminal acetylenes is 1. The average molecular weight is 154 g/mol. The van der Waals surface area contributed by atoms with E-state index in [4.69, 9.17) is 6.42 Å². The molecule has 1 aromatic rings. The van der Waals surface area contributed by atoms with E-state index >= 15 is 0 Å². The van der Waals surface area contributed by atoms with Crippen LogP contribution < -0.4 is 0 Å². The second-order valence-electron chi connectivity index (χ2n) is 2.33.